The fourth-order valence-corrected chi connectivity index (χ4v) is 5.93. The van der Waals surface area contributed by atoms with E-state index in [0.717, 1.165) is 5.56 Å². The number of aromatic carboxylic acids is 1. The van der Waals surface area contributed by atoms with E-state index in [1.165, 1.54) is 18.2 Å². The molecule has 4 aromatic carbocycles. The molecule has 6 aromatic rings. The summed E-state index contributed by atoms with van der Waals surface area (Å²) in [6.45, 7) is 2.05. The van der Waals surface area contributed by atoms with Crippen molar-refractivity contribution in [3.05, 3.63) is 186 Å². The van der Waals surface area contributed by atoms with Crippen molar-refractivity contribution in [2.45, 2.75) is 33.0 Å². The van der Waals surface area contributed by atoms with Gasteiger partial charge in [-0.1, -0.05) is 70.7 Å². The van der Waals surface area contributed by atoms with Crippen molar-refractivity contribution in [3.63, 3.8) is 0 Å². The first-order valence-corrected chi connectivity index (χ1v) is 18.4. The minimum Gasteiger partial charge on any atom is -0.543 e. The van der Waals surface area contributed by atoms with Crippen LogP contribution in [-0.4, -0.2) is 28.5 Å². The van der Waals surface area contributed by atoms with Crippen molar-refractivity contribution < 1.29 is 67.2 Å². The van der Waals surface area contributed by atoms with Gasteiger partial charge in [-0.15, -0.1) is 0 Å². The normalized spacial score (nSPS) is 10.4. The number of aromatic nitrogens is 2. The Morgan fingerprint density at radius 1 is 0.596 bits per heavy atom. The molecule has 2 aromatic heterocycles. The topological polar surface area (TPSA) is 111 Å². The number of carbonyl (C=O) groups is 2. The van der Waals surface area contributed by atoms with Crippen molar-refractivity contribution in [3.8, 4) is 11.5 Å². The van der Waals surface area contributed by atoms with E-state index in [2.05, 4.69) is 9.97 Å². The van der Waals surface area contributed by atoms with Crippen LogP contribution in [0.4, 0.5) is 8.78 Å². The van der Waals surface area contributed by atoms with Crippen LogP contribution in [0.25, 0.3) is 0 Å². The van der Waals surface area contributed by atoms with Gasteiger partial charge in [-0.3, -0.25) is 4.98 Å². The molecule has 0 saturated heterocycles. The van der Waals surface area contributed by atoms with Gasteiger partial charge in [0.15, 0.2) is 0 Å². The third-order valence-corrected chi connectivity index (χ3v) is 8.83. The summed E-state index contributed by atoms with van der Waals surface area (Å²) in [5.41, 5.74) is 3.45. The standard InChI is InChI=1S/C22H18Cl2FNO3.C20H14Cl2FNO3.Na/c1-2-28-22(27)20-5-3-4-18(26-20)11-15-10-16(23)8-9-21(15)29-13-14-6-7-17(24)12-19(14)25;21-14-6-7-19(27-11-12-4-5-15(22)10-17(12)23)13(8-14)9-16-2-1-3-18(24-16)20(25)26;/h3-10,12H,2,11,13H2,1H3;1-8,10H,9,11H2,(H,25,26);/q;;+1/p-1. The van der Waals surface area contributed by atoms with E-state index in [-0.39, 0.29) is 60.8 Å². The molecule has 0 aliphatic heterocycles. The summed E-state index contributed by atoms with van der Waals surface area (Å²) in [4.78, 5) is 31.3. The predicted molar refractivity (Wildman–Crippen MR) is 209 cm³/mol. The summed E-state index contributed by atoms with van der Waals surface area (Å²) >= 11 is 23.8. The number of pyridine rings is 2. The van der Waals surface area contributed by atoms with E-state index in [1.807, 2.05) is 0 Å². The van der Waals surface area contributed by atoms with Crippen molar-refractivity contribution in [1.29, 1.82) is 0 Å². The number of hydrogen-bond acceptors (Lipinski definition) is 8. The molecule has 288 valence electrons. The Bertz CT molecular complexity index is 2350. The Labute approximate surface area is 369 Å². The number of benzene rings is 4. The maximum atomic E-state index is 14.0. The summed E-state index contributed by atoms with van der Waals surface area (Å²) in [5.74, 6) is -1.67. The van der Waals surface area contributed by atoms with Crippen LogP contribution in [0.1, 0.15) is 61.5 Å². The summed E-state index contributed by atoms with van der Waals surface area (Å²) in [6.07, 6.45) is 0.673. The van der Waals surface area contributed by atoms with E-state index >= 15 is 0 Å². The average Bonchev–Trinajstić information content (AvgIpc) is 3.16. The molecule has 0 radical (unpaired) electrons. The number of carboxylic acid groups (broad SMARTS) is 1. The van der Waals surface area contributed by atoms with Crippen LogP contribution >= 0.6 is 46.4 Å². The van der Waals surface area contributed by atoms with Crippen LogP contribution in [-0.2, 0) is 30.8 Å². The van der Waals surface area contributed by atoms with Gasteiger partial charge in [-0.2, -0.15) is 0 Å². The SMILES string of the molecule is CCOC(=O)c1cccc(Cc2cc(Cl)ccc2OCc2ccc(Cl)cc2F)n1.O=C([O-])c1cccc(Cc2cc(Cl)ccc2OCc2ccc(Cl)cc2F)n1.[Na+]. The number of hydrogen-bond donors (Lipinski definition) is 0. The number of nitrogens with zero attached hydrogens (tertiary/aromatic N) is 2. The van der Waals surface area contributed by atoms with E-state index in [4.69, 9.17) is 60.6 Å². The van der Waals surface area contributed by atoms with Gasteiger partial charge in [0.1, 0.15) is 42.0 Å². The van der Waals surface area contributed by atoms with Crippen LogP contribution in [0.2, 0.25) is 20.1 Å². The van der Waals surface area contributed by atoms with Crippen molar-refractivity contribution >= 4 is 58.3 Å². The first-order chi connectivity index (χ1) is 26.9. The summed E-state index contributed by atoms with van der Waals surface area (Å²) in [7, 11) is 0. The van der Waals surface area contributed by atoms with Crippen molar-refractivity contribution in [2.75, 3.05) is 6.61 Å². The predicted octanol–water partition coefficient (Wildman–Crippen LogP) is 6.94. The molecule has 6 rings (SSSR count). The largest absolute Gasteiger partial charge is 1.00 e. The monoisotopic (exact) mass is 860 g/mol. The average molecular weight is 863 g/mol. The molecule has 0 amide bonds. The molecule has 0 unspecified atom stereocenters. The Hall–Kier alpha value is -4.26. The maximum absolute atomic E-state index is 14.0. The molecule has 57 heavy (non-hydrogen) atoms. The molecular weight excluding hydrogens is 831 g/mol. The van der Waals surface area contributed by atoms with Gasteiger partial charge >= 0.3 is 35.5 Å². The van der Waals surface area contributed by atoms with Gasteiger partial charge < -0.3 is 24.1 Å². The molecule has 0 spiro atoms. The quantitative estimate of drug-likeness (QED) is 0.0909. The first kappa shape index (κ1) is 45.4. The maximum Gasteiger partial charge on any atom is 1.00 e. The number of rotatable bonds is 13. The van der Waals surface area contributed by atoms with Crippen LogP contribution in [0.3, 0.4) is 0 Å². The second kappa shape index (κ2) is 22.0. The molecule has 0 aliphatic rings. The number of carboxylic acids is 1. The Morgan fingerprint density at radius 2 is 1.02 bits per heavy atom. The van der Waals surface area contributed by atoms with Gasteiger partial charge in [-0.25, -0.2) is 18.6 Å². The second-order valence-corrected chi connectivity index (χ2v) is 13.7. The van der Waals surface area contributed by atoms with Crippen LogP contribution in [0.5, 0.6) is 11.5 Å². The second-order valence-electron chi connectivity index (χ2n) is 11.9. The molecule has 0 bridgehead atoms. The van der Waals surface area contributed by atoms with Gasteiger partial charge in [0, 0.05) is 66.6 Å². The van der Waals surface area contributed by atoms with E-state index in [1.54, 1.807) is 97.9 Å². The molecule has 0 saturated carbocycles. The van der Waals surface area contributed by atoms with Gasteiger partial charge in [-0.05, 0) is 91.9 Å². The minimum absolute atomic E-state index is 0. The number of halogens is 6. The first-order valence-electron chi connectivity index (χ1n) is 16.9. The van der Waals surface area contributed by atoms with Crippen LogP contribution in [0, 0.1) is 11.6 Å². The summed E-state index contributed by atoms with van der Waals surface area (Å²) in [6, 6.07) is 28.8. The van der Waals surface area contributed by atoms with Gasteiger partial charge in [0.25, 0.3) is 0 Å². The number of esters is 1. The third kappa shape index (κ3) is 13.7. The van der Waals surface area contributed by atoms with Crippen LogP contribution in [0.15, 0.2) is 109 Å². The Morgan fingerprint density at radius 3 is 1.46 bits per heavy atom. The smallest absolute Gasteiger partial charge is 0.543 e. The number of ether oxygens (including phenoxy) is 3. The van der Waals surface area contributed by atoms with Gasteiger partial charge in [0.2, 0.25) is 0 Å². The number of carbonyl (C=O) groups excluding carboxylic acids is 2. The Balaban J connectivity index is 0.000000249. The molecule has 0 aliphatic carbocycles. The minimum atomic E-state index is -1.35. The zero-order chi connectivity index (χ0) is 40.2. The van der Waals surface area contributed by atoms with E-state index < -0.39 is 23.6 Å². The third-order valence-electron chi connectivity index (χ3n) is 7.89. The molecule has 2 heterocycles. The van der Waals surface area contributed by atoms with Crippen LogP contribution < -0.4 is 44.1 Å². The fourth-order valence-electron chi connectivity index (χ4n) is 5.22. The molecule has 0 atom stereocenters. The fraction of sp³-hybridized carbons (Fsp3) is 0.143. The molecule has 0 fully saturated rings. The molecule has 15 heteroatoms. The molecule has 8 nitrogen and oxygen atoms in total. The van der Waals surface area contributed by atoms with E-state index in [0.29, 0.717) is 72.5 Å². The Kier molecular flexibility index (Phi) is 17.6. The van der Waals surface area contributed by atoms with Gasteiger partial charge in [0.05, 0.1) is 18.3 Å². The zero-order valence-corrected chi connectivity index (χ0v) is 35.6. The van der Waals surface area contributed by atoms with Crippen molar-refractivity contribution in [1.82, 2.24) is 9.97 Å². The summed E-state index contributed by atoms with van der Waals surface area (Å²) in [5, 5.41) is 12.6. The van der Waals surface area contributed by atoms with E-state index in [9.17, 15) is 23.5 Å². The molecule has 0 N–H and O–H groups in total. The summed E-state index contributed by atoms with van der Waals surface area (Å²) < 4.78 is 44.5. The zero-order valence-electron chi connectivity index (χ0n) is 30.5. The molecular formula is C42H31Cl4F2N2NaO6. The van der Waals surface area contributed by atoms with Crippen molar-refractivity contribution in [2.24, 2.45) is 0 Å².